The maximum absolute atomic E-state index is 11.5. The molecular formula is C15H24N2O2. The van der Waals surface area contributed by atoms with E-state index in [4.69, 9.17) is 0 Å². The van der Waals surface area contributed by atoms with Gasteiger partial charge in [0, 0.05) is 12.6 Å². The van der Waals surface area contributed by atoms with Gasteiger partial charge in [-0.25, -0.2) is 0 Å². The molecule has 0 spiro atoms. The maximum atomic E-state index is 11.5. The van der Waals surface area contributed by atoms with E-state index in [1.54, 1.807) is 12.1 Å². The molecule has 0 fully saturated rings. The summed E-state index contributed by atoms with van der Waals surface area (Å²) in [7, 11) is 0. The van der Waals surface area contributed by atoms with Gasteiger partial charge >= 0.3 is 0 Å². The molecule has 0 saturated heterocycles. The molecule has 1 unspecified atom stereocenters. The SMILES string of the molecule is CC(C)CNC(=O)CNC(C)Cc1ccc(O)cc1. The van der Waals surface area contributed by atoms with Gasteiger partial charge < -0.3 is 15.7 Å². The van der Waals surface area contributed by atoms with Crippen molar-refractivity contribution < 1.29 is 9.90 Å². The molecule has 1 amide bonds. The van der Waals surface area contributed by atoms with Crippen molar-refractivity contribution in [2.45, 2.75) is 33.2 Å². The fourth-order valence-corrected chi connectivity index (χ4v) is 1.71. The molecule has 3 N–H and O–H groups in total. The summed E-state index contributed by atoms with van der Waals surface area (Å²) in [6.07, 6.45) is 0.831. The van der Waals surface area contributed by atoms with Crippen molar-refractivity contribution in [2.24, 2.45) is 5.92 Å². The van der Waals surface area contributed by atoms with Crippen LogP contribution in [0.2, 0.25) is 0 Å². The van der Waals surface area contributed by atoms with E-state index in [0.717, 1.165) is 12.0 Å². The number of hydrogen-bond donors (Lipinski definition) is 3. The van der Waals surface area contributed by atoms with Gasteiger partial charge in [0.05, 0.1) is 6.54 Å². The van der Waals surface area contributed by atoms with Crippen LogP contribution in [0.5, 0.6) is 5.75 Å². The molecule has 1 atom stereocenters. The predicted molar refractivity (Wildman–Crippen MR) is 77.1 cm³/mol. The molecule has 4 nitrogen and oxygen atoms in total. The van der Waals surface area contributed by atoms with Gasteiger partial charge in [-0.05, 0) is 37.0 Å². The number of carbonyl (C=O) groups is 1. The minimum Gasteiger partial charge on any atom is -0.508 e. The highest BCUT2D eigenvalue weighted by Gasteiger charge is 2.06. The van der Waals surface area contributed by atoms with E-state index in [-0.39, 0.29) is 17.7 Å². The number of phenols is 1. The molecule has 1 rings (SSSR count). The molecule has 4 heteroatoms. The number of phenolic OH excluding ortho intramolecular Hbond substituents is 1. The van der Waals surface area contributed by atoms with Gasteiger partial charge in [0.25, 0.3) is 0 Å². The minimum atomic E-state index is 0.0336. The van der Waals surface area contributed by atoms with Crippen LogP contribution in [0.1, 0.15) is 26.3 Å². The molecule has 1 aromatic rings. The van der Waals surface area contributed by atoms with Crippen LogP contribution in [0.3, 0.4) is 0 Å². The van der Waals surface area contributed by atoms with Gasteiger partial charge in [-0.15, -0.1) is 0 Å². The van der Waals surface area contributed by atoms with E-state index in [2.05, 4.69) is 24.5 Å². The van der Waals surface area contributed by atoms with Gasteiger partial charge in [0.1, 0.15) is 5.75 Å². The van der Waals surface area contributed by atoms with Crippen LogP contribution < -0.4 is 10.6 Å². The summed E-state index contributed by atoms with van der Waals surface area (Å²) in [6, 6.07) is 7.36. The molecule has 1 aromatic carbocycles. The Balaban J connectivity index is 2.25. The Hall–Kier alpha value is -1.55. The van der Waals surface area contributed by atoms with E-state index in [0.29, 0.717) is 19.0 Å². The highest BCUT2D eigenvalue weighted by Crippen LogP contribution is 2.11. The second-order valence-corrected chi connectivity index (χ2v) is 5.35. The number of benzene rings is 1. The fourth-order valence-electron chi connectivity index (χ4n) is 1.71. The molecule has 0 aliphatic rings. The molecule has 0 bridgehead atoms. The number of nitrogens with one attached hydrogen (secondary N) is 2. The van der Waals surface area contributed by atoms with Crippen LogP contribution in [-0.2, 0) is 11.2 Å². The molecule has 19 heavy (non-hydrogen) atoms. The summed E-state index contributed by atoms with van der Waals surface area (Å²) in [4.78, 5) is 11.5. The Morgan fingerprint density at radius 2 is 1.84 bits per heavy atom. The van der Waals surface area contributed by atoms with Crippen LogP contribution in [0, 0.1) is 5.92 Å². The maximum Gasteiger partial charge on any atom is 0.233 e. The second-order valence-electron chi connectivity index (χ2n) is 5.35. The van der Waals surface area contributed by atoms with Gasteiger partial charge in [-0.2, -0.15) is 0 Å². The van der Waals surface area contributed by atoms with Crippen LogP contribution >= 0.6 is 0 Å². The molecule has 0 aliphatic carbocycles. The molecule has 0 aliphatic heterocycles. The Labute approximate surface area is 115 Å². The fraction of sp³-hybridized carbons (Fsp3) is 0.533. The van der Waals surface area contributed by atoms with Crippen molar-refractivity contribution in [1.29, 1.82) is 0 Å². The van der Waals surface area contributed by atoms with Crippen molar-refractivity contribution in [3.63, 3.8) is 0 Å². The smallest absolute Gasteiger partial charge is 0.233 e. The largest absolute Gasteiger partial charge is 0.508 e. The average Bonchev–Trinajstić information content (AvgIpc) is 2.36. The van der Waals surface area contributed by atoms with Crippen LogP contribution in [0.15, 0.2) is 24.3 Å². The summed E-state index contributed by atoms with van der Waals surface area (Å²) < 4.78 is 0. The number of carbonyl (C=O) groups excluding carboxylic acids is 1. The van der Waals surface area contributed by atoms with Gasteiger partial charge in [0.2, 0.25) is 5.91 Å². The second kappa shape index (κ2) is 7.79. The Kier molecular flexibility index (Phi) is 6.36. The lowest BCUT2D eigenvalue weighted by Crippen LogP contribution is -2.39. The van der Waals surface area contributed by atoms with Gasteiger partial charge in [-0.1, -0.05) is 26.0 Å². The summed E-state index contributed by atoms with van der Waals surface area (Å²) in [6.45, 7) is 7.24. The molecule has 0 saturated carbocycles. The minimum absolute atomic E-state index is 0.0336. The third-order valence-corrected chi connectivity index (χ3v) is 2.80. The zero-order valence-corrected chi connectivity index (χ0v) is 11.9. The number of amides is 1. The van der Waals surface area contributed by atoms with Crippen LogP contribution in [0.25, 0.3) is 0 Å². The highest BCUT2D eigenvalue weighted by atomic mass is 16.3. The van der Waals surface area contributed by atoms with E-state index in [1.807, 2.05) is 19.1 Å². The van der Waals surface area contributed by atoms with Crippen molar-refractivity contribution in [1.82, 2.24) is 10.6 Å². The number of rotatable bonds is 7. The van der Waals surface area contributed by atoms with E-state index < -0.39 is 0 Å². The highest BCUT2D eigenvalue weighted by molar-refractivity contribution is 5.77. The molecule has 0 radical (unpaired) electrons. The van der Waals surface area contributed by atoms with Crippen molar-refractivity contribution in [3.05, 3.63) is 29.8 Å². The summed E-state index contributed by atoms with van der Waals surface area (Å²) >= 11 is 0. The average molecular weight is 264 g/mol. The first-order valence-corrected chi connectivity index (χ1v) is 6.75. The lowest BCUT2D eigenvalue weighted by atomic mass is 10.1. The van der Waals surface area contributed by atoms with Crippen molar-refractivity contribution in [2.75, 3.05) is 13.1 Å². The zero-order chi connectivity index (χ0) is 14.3. The summed E-state index contributed by atoms with van der Waals surface area (Å²) in [5.74, 6) is 0.780. The lowest BCUT2D eigenvalue weighted by molar-refractivity contribution is -0.120. The van der Waals surface area contributed by atoms with Crippen molar-refractivity contribution in [3.8, 4) is 5.75 Å². The molecule has 106 valence electrons. The van der Waals surface area contributed by atoms with Crippen LogP contribution in [0.4, 0.5) is 0 Å². The van der Waals surface area contributed by atoms with Gasteiger partial charge in [0.15, 0.2) is 0 Å². The Bertz CT molecular complexity index is 388. The lowest BCUT2D eigenvalue weighted by Gasteiger charge is -2.14. The third-order valence-electron chi connectivity index (χ3n) is 2.80. The molecule has 0 aromatic heterocycles. The molecular weight excluding hydrogens is 240 g/mol. The normalized spacial score (nSPS) is 12.4. The van der Waals surface area contributed by atoms with E-state index >= 15 is 0 Å². The summed E-state index contributed by atoms with van der Waals surface area (Å²) in [5.41, 5.74) is 1.14. The van der Waals surface area contributed by atoms with Crippen molar-refractivity contribution >= 4 is 5.91 Å². The monoisotopic (exact) mass is 264 g/mol. The predicted octanol–water partition coefficient (Wildman–Crippen LogP) is 1.68. The van der Waals surface area contributed by atoms with E-state index in [9.17, 15) is 9.90 Å². The Morgan fingerprint density at radius 1 is 1.21 bits per heavy atom. The first kappa shape index (κ1) is 15.5. The quantitative estimate of drug-likeness (QED) is 0.702. The summed E-state index contributed by atoms with van der Waals surface area (Å²) in [5, 5.41) is 15.3. The third kappa shape index (κ3) is 6.82. The first-order chi connectivity index (χ1) is 8.97. The number of aromatic hydroxyl groups is 1. The topological polar surface area (TPSA) is 61.4 Å². The molecule has 0 heterocycles. The Morgan fingerprint density at radius 3 is 2.42 bits per heavy atom. The standard InChI is InChI=1S/C15H24N2O2/c1-11(2)9-17-15(19)10-16-12(3)8-13-4-6-14(18)7-5-13/h4-7,11-12,16,18H,8-10H2,1-3H3,(H,17,19). The van der Waals surface area contributed by atoms with Crippen LogP contribution in [-0.4, -0.2) is 30.1 Å². The van der Waals surface area contributed by atoms with E-state index in [1.165, 1.54) is 0 Å². The first-order valence-electron chi connectivity index (χ1n) is 6.75. The van der Waals surface area contributed by atoms with Gasteiger partial charge in [-0.3, -0.25) is 4.79 Å². The number of hydrogen-bond acceptors (Lipinski definition) is 3. The zero-order valence-electron chi connectivity index (χ0n) is 11.9.